The molecule has 2 atom stereocenters. The Labute approximate surface area is 185 Å². The predicted octanol–water partition coefficient (Wildman–Crippen LogP) is 1.20. The normalized spacial score (nSPS) is 21.1. The zero-order chi connectivity index (χ0) is 19.6. The molecule has 0 aromatic carbocycles. The van der Waals surface area contributed by atoms with Crippen LogP contribution in [0.3, 0.4) is 0 Å². The number of piperazine rings is 1. The molecule has 2 amide bonds. The lowest BCUT2D eigenvalue weighted by Crippen LogP contribution is -2.55. The van der Waals surface area contributed by atoms with E-state index >= 15 is 0 Å². The van der Waals surface area contributed by atoms with Gasteiger partial charge in [-0.05, 0) is 33.1 Å². The number of nitrogens with one attached hydrogen (secondary N) is 2. The molecule has 0 radical (unpaired) electrons. The summed E-state index contributed by atoms with van der Waals surface area (Å²) in [5.41, 5.74) is 0. The molecule has 8 nitrogen and oxygen atoms in total. The lowest BCUT2D eigenvalue weighted by Gasteiger charge is -2.37. The molecule has 2 heterocycles. The van der Waals surface area contributed by atoms with Gasteiger partial charge in [-0.25, -0.2) is 0 Å². The third kappa shape index (κ3) is 7.73. The number of hydrogen-bond donors (Lipinski definition) is 2. The molecule has 2 fully saturated rings. The van der Waals surface area contributed by atoms with Gasteiger partial charge in [0.2, 0.25) is 5.91 Å². The van der Waals surface area contributed by atoms with Crippen molar-refractivity contribution in [3.63, 3.8) is 0 Å². The molecule has 0 aromatic rings. The van der Waals surface area contributed by atoms with E-state index in [-0.39, 0.29) is 47.9 Å². The van der Waals surface area contributed by atoms with Crippen molar-refractivity contribution in [3.8, 4) is 0 Å². The van der Waals surface area contributed by atoms with Crippen LogP contribution in [0.2, 0.25) is 0 Å². The van der Waals surface area contributed by atoms with E-state index in [0.717, 1.165) is 44.9 Å². The van der Waals surface area contributed by atoms with Gasteiger partial charge in [-0.3, -0.25) is 14.6 Å². The maximum atomic E-state index is 12.5. The van der Waals surface area contributed by atoms with Crippen LogP contribution in [0.4, 0.5) is 0 Å². The van der Waals surface area contributed by atoms with E-state index in [1.165, 1.54) is 0 Å². The van der Waals surface area contributed by atoms with Crippen LogP contribution in [0.1, 0.15) is 46.5 Å². The SMILES string of the molecule is CCNC(=NCCC(=O)NC(C)CC)N1CCN(C(=O)C2CCCO2)CC1.I. The van der Waals surface area contributed by atoms with Crippen molar-refractivity contribution < 1.29 is 14.3 Å². The van der Waals surface area contributed by atoms with Gasteiger partial charge in [0, 0.05) is 51.8 Å². The molecule has 0 saturated carbocycles. The largest absolute Gasteiger partial charge is 0.368 e. The number of nitrogens with zero attached hydrogens (tertiary/aromatic N) is 3. The summed E-state index contributed by atoms with van der Waals surface area (Å²) >= 11 is 0. The molecule has 2 aliphatic heterocycles. The molecule has 0 spiro atoms. The maximum absolute atomic E-state index is 12.5. The highest BCUT2D eigenvalue weighted by Crippen LogP contribution is 2.16. The molecule has 0 aromatic heterocycles. The Hall–Kier alpha value is -1.10. The third-order valence-corrected chi connectivity index (χ3v) is 5.05. The van der Waals surface area contributed by atoms with Gasteiger partial charge < -0.3 is 25.2 Å². The van der Waals surface area contributed by atoms with Gasteiger partial charge in [0.1, 0.15) is 6.10 Å². The van der Waals surface area contributed by atoms with Crippen LogP contribution < -0.4 is 10.6 Å². The highest BCUT2D eigenvalue weighted by atomic mass is 127. The minimum atomic E-state index is -0.248. The number of amides is 2. The van der Waals surface area contributed by atoms with Crippen molar-refractivity contribution >= 4 is 41.8 Å². The minimum absolute atomic E-state index is 0. The predicted molar refractivity (Wildman–Crippen MR) is 121 cm³/mol. The first-order valence-electron chi connectivity index (χ1n) is 10.3. The second-order valence-corrected chi connectivity index (χ2v) is 7.18. The number of carbonyl (C=O) groups is 2. The van der Waals surface area contributed by atoms with Crippen molar-refractivity contribution in [1.82, 2.24) is 20.4 Å². The second kappa shape index (κ2) is 13.2. The first kappa shape index (κ1) is 24.9. The fraction of sp³-hybridized carbons (Fsp3) is 0.842. The van der Waals surface area contributed by atoms with Gasteiger partial charge in [0.15, 0.2) is 5.96 Å². The number of rotatable bonds is 7. The van der Waals surface area contributed by atoms with Crippen LogP contribution in [0, 0.1) is 0 Å². The maximum Gasteiger partial charge on any atom is 0.251 e. The summed E-state index contributed by atoms with van der Waals surface area (Å²) in [6.07, 6.45) is 2.87. The molecule has 2 unspecified atom stereocenters. The average molecular weight is 509 g/mol. The number of guanidine groups is 1. The van der Waals surface area contributed by atoms with E-state index in [2.05, 4.69) is 27.4 Å². The van der Waals surface area contributed by atoms with Gasteiger partial charge in [0.05, 0.1) is 6.54 Å². The van der Waals surface area contributed by atoms with Crippen molar-refractivity contribution in [2.24, 2.45) is 4.99 Å². The molecule has 2 N–H and O–H groups in total. The summed E-state index contributed by atoms with van der Waals surface area (Å²) in [7, 11) is 0. The van der Waals surface area contributed by atoms with E-state index < -0.39 is 0 Å². The van der Waals surface area contributed by atoms with E-state index in [1.54, 1.807) is 0 Å². The minimum Gasteiger partial charge on any atom is -0.368 e. The summed E-state index contributed by atoms with van der Waals surface area (Å²) in [6, 6.07) is 0.198. The van der Waals surface area contributed by atoms with Gasteiger partial charge in [-0.2, -0.15) is 0 Å². The molecule has 2 rings (SSSR count). The fourth-order valence-corrected chi connectivity index (χ4v) is 3.25. The first-order chi connectivity index (χ1) is 13.0. The van der Waals surface area contributed by atoms with Crippen molar-refractivity contribution in [3.05, 3.63) is 0 Å². The van der Waals surface area contributed by atoms with E-state index in [4.69, 9.17) is 4.74 Å². The summed E-state index contributed by atoms with van der Waals surface area (Å²) in [6.45, 7) is 10.8. The van der Waals surface area contributed by atoms with Crippen LogP contribution >= 0.6 is 24.0 Å². The van der Waals surface area contributed by atoms with Crippen LogP contribution in [0.15, 0.2) is 4.99 Å². The molecule has 2 saturated heterocycles. The lowest BCUT2D eigenvalue weighted by atomic mass is 10.2. The molecule has 28 heavy (non-hydrogen) atoms. The molecule has 0 aliphatic carbocycles. The van der Waals surface area contributed by atoms with E-state index in [1.807, 2.05) is 18.7 Å². The molecule has 0 bridgehead atoms. The monoisotopic (exact) mass is 509 g/mol. The lowest BCUT2D eigenvalue weighted by molar-refractivity contribution is -0.142. The van der Waals surface area contributed by atoms with Gasteiger partial charge in [-0.15, -0.1) is 24.0 Å². The molecular weight excluding hydrogens is 473 g/mol. The van der Waals surface area contributed by atoms with Gasteiger partial charge in [0.25, 0.3) is 5.91 Å². The average Bonchev–Trinajstić information content (AvgIpc) is 3.21. The number of halogens is 1. The fourth-order valence-electron chi connectivity index (χ4n) is 3.25. The zero-order valence-corrected chi connectivity index (χ0v) is 19.7. The second-order valence-electron chi connectivity index (χ2n) is 7.18. The zero-order valence-electron chi connectivity index (χ0n) is 17.4. The number of carbonyl (C=O) groups excluding carboxylic acids is 2. The van der Waals surface area contributed by atoms with E-state index in [0.29, 0.717) is 32.7 Å². The molecule has 9 heteroatoms. The Morgan fingerprint density at radius 3 is 2.43 bits per heavy atom. The van der Waals surface area contributed by atoms with E-state index in [9.17, 15) is 9.59 Å². The Morgan fingerprint density at radius 2 is 1.86 bits per heavy atom. The Morgan fingerprint density at radius 1 is 1.18 bits per heavy atom. The van der Waals surface area contributed by atoms with Gasteiger partial charge in [-0.1, -0.05) is 6.92 Å². The summed E-state index contributed by atoms with van der Waals surface area (Å²) < 4.78 is 5.51. The first-order valence-corrected chi connectivity index (χ1v) is 10.3. The van der Waals surface area contributed by atoms with Crippen LogP contribution in [0.5, 0.6) is 0 Å². The Kier molecular flexibility index (Phi) is 11.7. The third-order valence-electron chi connectivity index (χ3n) is 5.05. The van der Waals surface area contributed by atoms with Crippen LogP contribution in [-0.4, -0.2) is 85.6 Å². The molecule has 2 aliphatic rings. The van der Waals surface area contributed by atoms with Crippen molar-refractivity contribution in [1.29, 1.82) is 0 Å². The highest BCUT2D eigenvalue weighted by Gasteiger charge is 2.30. The summed E-state index contributed by atoms with van der Waals surface area (Å²) in [5.74, 6) is 0.977. The topological polar surface area (TPSA) is 86.3 Å². The molecular formula is C19H36IN5O3. The van der Waals surface area contributed by atoms with Gasteiger partial charge >= 0.3 is 0 Å². The molecule has 162 valence electrons. The van der Waals surface area contributed by atoms with Crippen molar-refractivity contribution in [2.45, 2.75) is 58.6 Å². The summed E-state index contributed by atoms with van der Waals surface area (Å²) in [5, 5.41) is 6.25. The summed E-state index contributed by atoms with van der Waals surface area (Å²) in [4.78, 5) is 33.0. The van der Waals surface area contributed by atoms with Crippen molar-refractivity contribution in [2.75, 3.05) is 45.9 Å². The standard InChI is InChI=1S/C19H35N5O3.HI/c1-4-15(3)22-17(25)8-9-21-19(20-5-2)24-12-10-23(11-13-24)18(26)16-7-6-14-27-16;/h15-16H,4-14H2,1-3H3,(H,20,21)(H,22,25);1H. The quantitative estimate of drug-likeness (QED) is 0.306. The Balaban J connectivity index is 0.00000392. The smallest absolute Gasteiger partial charge is 0.251 e. The Bertz CT molecular complexity index is 518. The number of hydrogen-bond acceptors (Lipinski definition) is 4. The van der Waals surface area contributed by atoms with Crippen LogP contribution in [0.25, 0.3) is 0 Å². The van der Waals surface area contributed by atoms with Crippen LogP contribution in [-0.2, 0) is 14.3 Å². The highest BCUT2D eigenvalue weighted by molar-refractivity contribution is 14.0. The number of aliphatic imine (C=N–C) groups is 1. The number of ether oxygens (including phenoxy) is 1.